The molecule has 1 amide bonds. The summed E-state index contributed by atoms with van der Waals surface area (Å²) in [6.45, 7) is 6.62. The number of anilines is 1. The van der Waals surface area contributed by atoms with Crippen molar-refractivity contribution in [3.63, 3.8) is 0 Å². The zero-order chi connectivity index (χ0) is 21.2. The van der Waals surface area contributed by atoms with E-state index in [0.29, 0.717) is 11.7 Å². The van der Waals surface area contributed by atoms with Gasteiger partial charge in [0.15, 0.2) is 11.0 Å². The predicted octanol–water partition coefficient (Wildman–Crippen LogP) is 5.39. The highest BCUT2D eigenvalue weighted by molar-refractivity contribution is 7.99. The number of rotatable bonds is 6. The molecule has 1 aromatic carbocycles. The topological polar surface area (TPSA) is 59.8 Å². The Hall–Kier alpha value is -2.33. The second kappa shape index (κ2) is 8.58. The Labute approximate surface area is 174 Å². The SMILES string of the molecule is CCn1c(SCC(=O)Nc2ccccc2C(F)(F)F)nnc1-c1csc(C)c1C. The van der Waals surface area contributed by atoms with E-state index in [4.69, 9.17) is 0 Å². The fourth-order valence-corrected chi connectivity index (χ4v) is 4.44. The third kappa shape index (κ3) is 4.64. The minimum absolute atomic E-state index is 0.0774. The zero-order valence-corrected chi connectivity index (χ0v) is 17.6. The monoisotopic (exact) mass is 440 g/mol. The lowest BCUT2D eigenvalue weighted by Gasteiger charge is -2.13. The number of aryl methyl sites for hydroxylation is 1. The molecule has 154 valence electrons. The van der Waals surface area contributed by atoms with Crippen molar-refractivity contribution in [3.05, 3.63) is 45.6 Å². The summed E-state index contributed by atoms with van der Waals surface area (Å²) in [6.07, 6.45) is -4.54. The van der Waals surface area contributed by atoms with Gasteiger partial charge in [0.2, 0.25) is 5.91 Å². The number of nitrogens with one attached hydrogen (secondary N) is 1. The normalized spacial score (nSPS) is 11.7. The molecule has 5 nitrogen and oxygen atoms in total. The van der Waals surface area contributed by atoms with Crippen molar-refractivity contribution in [2.24, 2.45) is 0 Å². The van der Waals surface area contributed by atoms with E-state index in [9.17, 15) is 18.0 Å². The molecule has 3 aromatic rings. The van der Waals surface area contributed by atoms with Gasteiger partial charge in [0.05, 0.1) is 17.0 Å². The Morgan fingerprint density at radius 1 is 1.24 bits per heavy atom. The molecule has 0 aliphatic rings. The van der Waals surface area contributed by atoms with Gasteiger partial charge in [-0.05, 0) is 38.5 Å². The third-order valence-corrected chi connectivity index (χ3v) is 6.38. The number of halogens is 3. The van der Waals surface area contributed by atoms with Gasteiger partial charge in [0, 0.05) is 22.4 Å². The Morgan fingerprint density at radius 3 is 2.59 bits per heavy atom. The van der Waals surface area contributed by atoms with Crippen molar-refractivity contribution in [2.45, 2.75) is 38.6 Å². The van der Waals surface area contributed by atoms with Crippen LogP contribution in [0, 0.1) is 13.8 Å². The molecule has 0 saturated carbocycles. The van der Waals surface area contributed by atoms with E-state index >= 15 is 0 Å². The number of amides is 1. The van der Waals surface area contributed by atoms with E-state index < -0.39 is 17.6 Å². The number of thioether (sulfide) groups is 1. The highest BCUT2D eigenvalue weighted by Gasteiger charge is 2.33. The van der Waals surface area contributed by atoms with E-state index in [1.165, 1.54) is 23.1 Å². The first-order valence-corrected chi connectivity index (χ1v) is 10.7. The zero-order valence-electron chi connectivity index (χ0n) is 16.0. The average Bonchev–Trinajstić information content (AvgIpc) is 3.22. The minimum atomic E-state index is -4.54. The molecule has 29 heavy (non-hydrogen) atoms. The standard InChI is InChI=1S/C19H19F3N4OS2/c1-4-26-17(13-9-28-12(3)11(13)2)24-25-18(26)29-10-16(27)23-15-8-6-5-7-14(15)19(20,21)22/h5-9H,4,10H2,1-3H3,(H,23,27). The van der Waals surface area contributed by atoms with Crippen molar-refractivity contribution < 1.29 is 18.0 Å². The van der Waals surface area contributed by atoms with Crippen LogP contribution in [0.15, 0.2) is 34.8 Å². The number of nitrogens with zero attached hydrogens (tertiary/aromatic N) is 3. The molecule has 0 atom stereocenters. The number of hydrogen-bond donors (Lipinski definition) is 1. The van der Waals surface area contributed by atoms with Crippen LogP contribution in [-0.4, -0.2) is 26.4 Å². The van der Waals surface area contributed by atoms with Gasteiger partial charge in [-0.25, -0.2) is 0 Å². The van der Waals surface area contributed by atoms with Crippen LogP contribution in [0.25, 0.3) is 11.4 Å². The lowest BCUT2D eigenvalue weighted by Crippen LogP contribution is -2.18. The van der Waals surface area contributed by atoms with Crippen LogP contribution in [0.5, 0.6) is 0 Å². The van der Waals surface area contributed by atoms with Crippen molar-refractivity contribution >= 4 is 34.7 Å². The van der Waals surface area contributed by atoms with Crippen LogP contribution in [0.1, 0.15) is 22.9 Å². The summed E-state index contributed by atoms with van der Waals surface area (Å²) < 4.78 is 41.1. The molecule has 0 aliphatic heterocycles. The molecule has 0 fully saturated rings. The summed E-state index contributed by atoms with van der Waals surface area (Å²) in [5.41, 5.74) is 1.00. The Kier molecular flexibility index (Phi) is 6.33. The minimum Gasteiger partial charge on any atom is -0.325 e. The lowest BCUT2D eigenvalue weighted by molar-refractivity contribution is -0.137. The van der Waals surface area contributed by atoms with Gasteiger partial charge in [0.25, 0.3) is 0 Å². The van der Waals surface area contributed by atoms with Gasteiger partial charge in [0.1, 0.15) is 0 Å². The van der Waals surface area contributed by atoms with E-state index in [-0.39, 0.29) is 11.4 Å². The van der Waals surface area contributed by atoms with E-state index in [1.807, 2.05) is 30.7 Å². The molecule has 0 unspecified atom stereocenters. The number of benzene rings is 1. The maximum absolute atomic E-state index is 13.1. The summed E-state index contributed by atoms with van der Waals surface area (Å²) in [5, 5.41) is 13.3. The molecule has 2 heterocycles. The highest BCUT2D eigenvalue weighted by atomic mass is 32.2. The number of thiophene rings is 1. The first-order valence-electron chi connectivity index (χ1n) is 8.79. The smallest absolute Gasteiger partial charge is 0.325 e. The van der Waals surface area contributed by atoms with Crippen LogP contribution < -0.4 is 5.32 Å². The molecule has 0 aliphatic carbocycles. The summed E-state index contributed by atoms with van der Waals surface area (Å²) >= 11 is 2.77. The quantitative estimate of drug-likeness (QED) is 0.522. The predicted molar refractivity (Wildman–Crippen MR) is 109 cm³/mol. The summed E-state index contributed by atoms with van der Waals surface area (Å²) in [5.74, 6) is 0.104. The lowest BCUT2D eigenvalue weighted by atomic mass is 10.1. The largest absolute Gasteiger partial charge is 0.418 e. The maximum atomic E-state index is 13.1. The van der Waals surface area contributed by atoms with Gasteiger partial charge >= 0.3 is 6.18 Å². The number of para-hydroxylation sites is 1. The molecule has 0 saturated heterocycles. The van der Waals surface area contributed by atoms with Crippen LogP contribution in [0.2, 0.25) is 0 Å². The van der Waals surface area contributed by atoms with Crippen LogP contribution in [0.3, 0.4) is 0 Å². The molecular formula is C19H19F3N4OS2. The molecule has 0 spiro atoms. The molecule has 1 N–H and O–H groups in total. The van der Waals surface area contributed by atoms with Gasteiger partial charge in [-0.15, -0.1) is 21.5 Å². The van der Waals surface area contributed by atoms with Crippen molar-refractivity contribution in [2.75, 3.05) is 11.1 Å². The number of hydrogen-bond acceptors (Lipinski definition) is 5. The first-order chi connectivity index (χ1) is 13.7. The maximum Gasteiger partial charge on any atom is 0.418 e. The Bertz CT molecular complexity index is 1030. The molecule has 0 radical (unpaired) electrons. The van der Waals surface area contributed by atoms with Gasteiger partial charge < -0.3 is 9.88 Å². The molecular weight excluding hydrogens is 421 g/mol. The molecule has 10 heteroatoms. The second-order valence-corrected chi connectivity index (χ2v) is 8.29. The molecule has 2 aromatic heterocycles. The van der Waals surface area contributed by atoms with Crippen molar-refractivity contribution in [1.82, 2.24) is 14.8 Å². The molecule has 0 bridgehead atoms. The number of carbonyl (C=O) groups is 1. The first kappa shape index (κ1) is 21.4. The average molecular weight is 441 g/mol. The third-order valence-electron chi connectivity index (χ3n) is 4.40. The van der Waals surface area contributed by atoms with E-state index in [0.717, 1.165) is 34.8 Å². The fraction of sp³-hybridized carbons (Fsp3) is 0.316. The Morgan fingerprint density at radius 2 is 1.97 bits per heavy atom. The van der Waals surface area contributed by atoms with Crippen molar-refractivity contribution in [1.29, 1.82) is 0 Å². The number of carbonyl (C=O) groups excluding carboxylic acids is 1. The number of aromatic nitrogens is 3. The van der Waals surface area contributed by atoms with E-state index in [1.54, 1.807) is 11.3 Å². The Balaban J connectivity index is 1.73. The summed E-state index contributed by atoms with van der Waals surface area (Å²) in [6, 6.07) is 4.91. The second-order valence-electron chi connectivity index (χ2n) is 6.26. The fourth-order valence-electron chi connectivity index (χ4n) is 2.77. The van der Waals surface area contributed by atoms with Gasteiger partial charge in [-0.2, -0.15) is 13.2 Å². The van der Waals surface area contributed by atoms with Crippen LogP contribution in [0.4, 0.5) is 18.9 Å². The van der Waals surface area contributed by atoms with Crippen LogP contribution in [-0.2, 0) is 17.5 Å². The van der Waals surface area contributed by atoms with Crippen LogP contribution >= 0.6 is 23.1 Å². The van der Waals surface area contributed by atoms with Gasteiger partial charge in [-0.1, -0.05) is 23.9 Å². The number of alkyl halides is 3. The summed E-state index contributed by atoms with van der Waals surface area (Å²) in [4.78, 5) is 13.4. The van der Waals surface area contributed by atoms with Crippen molar-refractivity contribution in [3.8, 4) is 11.4 Å². The van der Waals surface area contributed by atoms with Gasteiger partial charge in [-0.3, -0.25) is 4.79 Å². The molecule has 3 rings (SSSR count). The highest BCUT2D eigenvalue weighted by Crippen LogP contribution is 2.35. The van der Waals surface area contributed by atoms with E-state index in [2.05, 4.69) is 15.5 Å². The summed E-state index contributed by atoms with van der Waals surface area (Å²) in [7, 11) is 0.